The number of sulfone groups is 1. The monoisotopic (exact) mass is 452 g/mol. The minimum absolute atomic E-state index is 0.0729. The molecule has 1 saturated heterocycles. The van der Waals surface area contributed by atoms with Crippen LogP contribution in [0.4, 0.5) is 14.6 Å². The first kappa shape index (κ1) is 21.4. The fourth-order valence-electron chi connectivity index (χ4n) is 3.08. The van der Waals surface area contributed by atoms with Crippen molar-refractivity contribution >= 4 is 21.3 Å². The molecule has 0 bridgehead atoms. The number of anilines is 1. The Morgan fingerprint density at radius 1 is 1.29 bits per heavy atom. The second-order valence-electron chi connectivity index (χ2n) is 8.40. The smallest absolute Gasteiger partial charge is 0.224 e. The van der Waals surface area contributed by atoms with Gasteiger partial charge in [-0.05, 0) is 26.8 Å². The van der Waals surface area contributed by atoms with Crippen LogP contribution in [0.1, 0.15) is 20.8 Å². The van der Waals surface area contributed by atoms with Crippen LogP contribution < -0.4 is 10.5 Å². The van der Waals surface area contributed by atoms with Crippen molar-refractivity contribution in [3.8, 4) is 17.0 Å². The highest BCUT2D eigenvalue weighted by Gasteiger charge is 2.35. The van der Waals surface area contributed by atoms with Crippen LogP contribution in [-0.4, -0.2) is 47.4 Å². The summed E-state index contributed by atoms with van der Waals surface area (Å²) in [5.74, 6) is -2.13. The molecule has 0 saturated carbocycles. The van der Waals surface area contributed by atoms with Crippen molar-refractivity contribution in [3.63, 3.8) is 0 Å². The minimum atomic E-state index is -3.85. The number of fused-ring (bicyclic) bond motifs is 1. The predicted molar refractivity (Wildman–Crippen MR) is 109 cm³/mol. The Bertz CT molecular complexity index is 1260. The summed E-state index contributed by atoms with van der Waals surface area (Å²) in [7, 11) is -3.85. The van der Waals surface area contributed by atoms with E-state index in [0.29, 0.717) is 18.9 Å². The van der Waals surface area contributed by atoms with Gasteiger partial charge in [0.2, 0.25) is 5.95 Å². The van der Waals surface area contributed by atoms with Gasteiger partial charge < -0.3 is 15.2 Å². The van der Waals surface area contributed by atoms with Gasteiger partial charge in [0, 0.05) is 18.2 Å². The first-order chi connectivity index (χ1) is 14.5. The lowest BCUT2D eigenvalue weighted by Crippen LogP contribution is -2.33. The molecule has 3 aromatic heterocycles. The van der Waals surface area contributed by atoms with E-state index in [2.05, 4.69) is 9.97 Å². The Hall–Kier alpha value is -2.79. The van der Waals surface area contributed by atoms with Crippen LogP contribution in [-0.2, 0) is 14.6 Å². The van der Waals surface area contributed by atoms with Crippen molar-refractivity contribution in [3.05, 3.63) is 36.3 Å². The van der Waals surface area contributed by atoms with Crippen molar-refractivity contribution in [2.24, 2.45) is 5.92 Å². The van der Waals surface area contributed by atoms with Gasteiger partial charge in [0.1, 0.15) is 16.3 Å². The number of nitrogens with zero attached hydrogens (tertiary/aromatic N) is 3. The van der Waals surface area contributed by atoms with Gasteiger partial charge in [-0.25, -0.2) is 17.8 Å². The molecule has 3 aromatic rings. The summed E-state index contributed by atoms with van der Waals surface area (Å²) in [5, 5.41) is 0. The molecule has 4 heterocycles. The van der Waals surface area contributed by atoms with E-state index in [1.807, 2.05) is 0 Å². The van der Waals surface area contributed by atoms with Gasteiger partial charge in [0.15, 0.2) is 21.5 Å². The Kier molecular flexibility index (Phi) is 5.13. The first-order valence-corrected chi connectivity index (χ1v) is 11.1. The molecule has 2 N–H and O–H groups in total. The highest BCUT2D eigenvalue weighted by molar-refractivity contribution is 7.92. The van der Waals surface area contributed by atoms with E-state index < -0.39 is 32.2 Å². The maximum absolute atomic E-state index is 14.4. The van der Waals surface area contributed by atoms with Crippen LogP contribution in [0.2, 0.25) is 0 Å². The summed E-state index contributed by atoms with van der Waals surface area (Å²) >= 11 is 0. The zero-order valence-corrected chi connectivity index (χ0v) is 18.0. The van der Waals surface area contributed by atoms with Crippen molar-refractivity contribution in [1.82, 2.24) is 14.4 Å². The van der Waals surface area contributed by atoms with Crippen LogP contribution in [0.5, 0.6) is 5.75 Å². The predicted octanol–water partition coefficient (Wildman–Crippen LogP) is 2.85. The maximum atomic E-state index is 14.4. The fraction of sp³-hybridized carbons (Fsp3) is 0.400. The summed E-state index contributed by atoms with van der Waals surface area (Å²) in [5.41, 5.74) is 5.56. The molecule has 0 aliphatic carbocycles. The third-order valence-electron chi connectivity index (χ3n) is 5.08. The molecule has 0 atom stereocenters. The molecule has 1 fully saturated rings. The molecule has 4 rings (SSSR count). The van der Waals surface area contributed by atoms with Crippen LogP contribution in [0, 0.1) is 17.7 Å². The molecule has 31 heavy (non-hydrogen) atoms. The molecule has 8 nitrogen and oxygen atoms in total. The molecule has 0 aromatic carbocycles. The lowest BCUT2D eigenvalue weighted by Gasteiger charge is -2.27. The van der Waals surface area contributed by atoms with E-state index >= 15 is 0 Å². The molecule has 11 heteroatoms. The van der Waals surface area contributed by atoms with Crippen LogP contribution >= 0.6 is 0 Å². The Morgan fingerprint density at radius 2 is 2.00 bits per heavy atom. The third-order valence-corrected chi connectivity index (χ3v) is 7.58. The summed E-state index contributed by atoms with van der Waals surface area (Å²) in [4.78, 5) is 7.51. The molecule has 1 aliphatic rings. The van der Waals surface area contributed by atoms with Crippen LogP contribution in [0.3, 0.4) is 0 Å². The van der Waals surface area contributed by atoms with Gasteiger partial charge >= 0.3 is 0 Å². The number of imidazole rings is 1. The molecule has 0 amide bonds. The van der Waals surface area contributed by atoms with Gasteiger partial charge in [0.05, 0.1) is 42.0 Å². The van der Waals surface area contributed by atoms with Crippen molar-refractivity contribution < 1.29 is 26.7 Å². The van der Waals surface area contributed by atoms with Crippen molar-refractivity contribution in [2.45, 2.75) is 30.4 Å². The number of halogens is 2. The number of ether oxygens (including phenoxy) is 2. The average molecular weight is 452 g/mol. The van der Waals surface area contributed by atoms with E-state index in [1.165, 1.54) is 22.9 Å². The molecule has 0 spiro atoms. The Balaban J connectivity index is 1.90. The number of nitrogen functional groups attached to an aromatic ring is 1. The number of rotatable bonds is 5. The zero-order chi connectivity index (χ0) is 22.6. The molecular formula is C20H22F2N4O4S. The zero-order valence-electron chi connectivity index (χ0n) is 17.2. The normalized spacial score (nSPS) is 15.3. The highest BCUT2D eigenvalue weighted by Crippen LogP contribution is 2.35. The average Bonchev–Trinajstić information content (AvgIpc) is 3.04. The van der Waals surface area contributed by atoms with Crippen LogP contribution in [0.25, 0.3) is 16.9 Å². The standard InChI is InChI=1S/C20H22F2N4O4S/c1-20(2,3)31(27,28)16-7-26-14(12-4-13(21)19(23)25-18(12)22)6-24-17(26)5-15(16)30-10-11-8-29-9-11/h4-7,11H,8-10H2,1-3H3,(H2,23,25). The molecule has 166 valence electrons. The van der Waals surface area contributed by atoms with Gasteiger partial charge in [0.25, 0.3) is 0 Å². The van der Waals surface area contributed by atoms with E-state index in [9.17, 15) is 17.2 Å². The molecular weight excluding hydrogens is 430 g/mol. The maximum Gasteiger partial charge on any atom is 0.224 e. The Morgan fingerprint density at radius 3 is 2.61 bits per heavy atom. The topological polar surface area (TPSA) is 109 Å². The first-order valence-electron chi connectivity index (χ1n) is 9.57. The number of nitrogens with two attached hydrogens (primary N) is 1. The molecule has 0 unspecified atom stereocenters. The largest absolute Gasteiger partial charge is 0.492 e. The lowest BCUT2D eigenvalue weighted by atomic mass is 10.1. The van der Waals surface area contributed by atoms with Gasteiger partial charge in [-0.15, -0.1) is 0 Å². The number of hydrogen-bond acceptors (Lipinski definition) is 7. The second-order valence-corrected chi connectivity index (χ2v) is 11.1. The third kappa shape index (κ3) is 3.72. The van der Waals surface area contributed by atoms with E-state index in [0.717, 1.165) is 6.07 Å². The minimum Gasteiger partial charge on any atom is -0.492 e. The Labute approximate surface area is 177 Å². The van der Waals surface area contributed by atoms with E-state index in [1.54, 1.807) is 20.8 Å². The molecule has 1 aliphatic heterocycles. The van der Waals surface area contributed by atoms with Crippen molar-refractivity contribution in [2.75, 3.05) is 25.6 Å². The second kappa shape index (κ2) is 7.41. The SMILES string of the molecule is CC(C)(C)S(=O)(=O)c1cn2c(-c3cc(F)c(N)nc3F)cnc2cc1OCC1COC1. The van der Waals surface area contributed by atoms with Gasteiger partial charge in [-0.3, -0.25) is 4.40 Å². The van der Waals surface area contributed by atoms with Crippen molar-refractivity contribution in [1.29, 1.82) is 0 Å². The lowest BCUT2D eigenvalue weighted by molar-refractivity contribution is -0.0512. The summed E-state index contributed by atoms with van der Waals surface area (Å²) in [6, 6.07) is 2.38. The quantitative estimate of drug-likeness (QED) is 0.593. The summed E-state index contributed by atoms with van der Waals surface area (Å²) in [6.07, 6.45) is 2.63. The molecule has 0 radical (unpaired) electrons. The summed E-state index contributed by atoms with van der Waals surface area (Å²) < 4.78 is 66.1. The van der Waals surface area contributed by atoms with E-state index in [4.69, 9.17) is 15.2 Å². The van der Waals surface area contributed by atoms with Gasteiger partial charge in [-0.1, -0.05) is 0 Å². The number of aromatic nitrogens is 3. The number of hydrogen-bond donors (Lipinski definition) is 1. The highest BCUT2D eigenvalue weighted by atomic mass is 32.2. The fourth-order valence-corrected chi connectivity index (χ4v) is 4.36. The van der Waals surface area contributed by atoms with Crippen LogP contribution in [0.15, 0.2) is 29.4 Å². The number of pyridine rings is 2. The van der Waals surface area contributed by atoms with Gasteiger partial charge in [-0.2, -0.15) is 9.37 Å². The van der Waals surface area contributed by atoms with E-state index in [-0.39, 0.29) is 34.4 Å². The summed E-state index contributed by atoms with van der Waals surface area (Å²) in [6.45, 7) is 6.11.